The maximum atomic E-state index is 10.1. The number of hydrogen-bond acceptors (Lipinski definition) is 5. The van der Waals surface area contributed by atoms with Gasteiger partial charge in [0.1, 0.15) is 12.2 Å². The molecule has 0 spiro atoms. The Hall–Kier alpha value is -0.200. The van der Waals surface area contributed by atoms with Gasteiger partial charge in [-0.1, -0.05) is 0 Å². The molecule has 88 valence electrons. The third-order valence-corrected chi connectivity index (χ3v) is 3.23. The maximum absolute atomic E-state index is 10.1. The van der Waals surface area contributed by atoms with Crippen molar-refractivity contribution in [3.05, 3.63) is 0 Å². The molecule has 0 aromatic rings. The summed E-state index contributed by atoms with van der Waals surface area (Å²) in [5.74, 6) is -2.21. The number of fused-ring (bicyclic) bond motifs is 1. The number of ether oxygens (including phenoxy) is 3. The van der Waals surface area contributed by atoms with Crippen LogP contribution in [0.25, 0.3) is 0 Å². The summed E-state index contributed by atoms with van der Waals surface area (Å²) in [4.78, 5) is 0. The molecule has 15 heavy (non-hydrogen) atoms. The fourth-order valence-corrected chi connectivity index (χ4v) is 2.41. The van der Waals surface area contributed by atoms with Crippen molar-refractivity contribution in [2.75, 3.05) is 6.61 Å². The lowest BCUT2D eigenvalue weighted by molar-refractivity contribution is -0.293. The molecule has 4 atom stereocenters. The molecule has 2 aliphatic heterocycles. The van der Waals surface area contributed by atoms with Crippen molar-refractivity contribution in [2.24, 2.45) is 0 Å². The Balaban J connectivity index is 2.35. The summed E-state index contributed by atoms with van der Waals surface area (Å²) in [5, 5.41) is 19.3. The average Bonchev–Trinajstić information content (AvgIpc) is 2.41. The van der Waals surface area contributed by atoms with E-state index in [9.17, 15) is 5.11 Å². The number of aliphatic hydroxyl groups is 2. The van der Waals surface area contributed by atoms with Crippen molar-refractivity contribution in [1.29, 1.82) is 0 Å². The van der Waals surface area contributed by atoms with Gasteiger partial charge in [0.05, 0.1) is 6.61 Å². The standard InChI is InChI=1S/C10H18O5/c1-8(2)14-7-6(5-11)13-10(4,12)9(7,3)15-8/h6-7,11-12H,5H2,1-4H3/t6-,7-,9-,10?/m1/s1. The van der Waals surface area contributed by atoms with Gasteiger partial charge in [0.2, 0.25) is 0 Å². The molecule has 0 amide bonds. The normalized spacial score (nSPS) is 53.2. The molecule has 2 saturated heterocycles. The highest BCUT2D eigenvalue weighted by molar-refractivity contribution is 5.09. The Morgan fingerprint density at radius 3 is 2.27 bits per heavy atom. The fraction of sp³-hybridized carbons (Fsp3) is 1.00. The molecule has 5 nitrogen and oxygen atoms in total. The van der Waals surface area contributed by atoms with Gasteiger partial charge in [0.25, 0.3) is 0 Å². The van der Waals surface area contributed by atoms with Crippen molar-refractivity contribution < 1.29 is 24.4 Å². The van der Waals surface area contributed by atoms with Crippen LogP contribution in [0, 0.1) is 0 Å². The monoisotopic (exact) mass is 218 g/mol. The second kappa shape index (κ2) is 2.93. The van der Waals surface area contributed by atoms with Crippen LogP contribution in [0.4, 0.5) is 0 Å². The summed E-state index contributed by atoms with van der Waals surface area (Å²) >= 11 is 0. The molecule has 2 fully saturated rings. The number of aliphatic hydroxyl groups excluding tert-OH is 1. The Labute approximate surface area is 88.9 Å². The maximum Gasteiger partial charge on any atom is 0.195 e. The average molecular weight is 218 g/mol. The van der Waals surface area contributed by atoms with Gasteiger partial charge in [-0.05, 0) is 27.7 Å². The second-order valence-corrected chi connectivity index (χ2v) is 4.97. The smallest absolute Gasteiger partial charge is 0.195 e. The van der Waals surface area contributed by atoms with Crippen molar-refractivity contribution in [2.45, 2.75) is 57.1 Å². The zero-order valence-electron chi connectivity index (χ0n) is 9.48. The number of rotatable bonds is 1. The van der Waals surface area contributed by atoms with E-state index in [2.05, 4.69) is 0 Å². The van der Waals surface area contributed by atoms with Crippen LogP contribution in [0.15, 0.2) is 0 Å². The van der Waals surface area contributed by atoms with Crippen molar-refractivity contribution in [3.63, 3.8) is 0 Å². The first-order chi connectivity index (χ1) is 6.72. The highest BCUT2D eigenvalue weighted by Crippen LogP contribution is 2.50. The lowest BCUT2D eigenvalue weighted by Crippen LogP contribution is -2.51. The summed E-state index contributed by atoms with van der Waals surface area (Å²) in [5.41, 5.74) is -0.941. The third kappa shape index (κ3) is 1.42. The molecule has 0 saturated carbocycles. The van der Waals surface area contributed by atoms with Crippen LogP contribution in [0.5, 0.6) is 0 Å². The molecule has 0 aromatic carbocycles. The van der Waals surface area contributed by atoms with Gasteiger partial charge in [-0.3, -0.25) is 0 Å². The van der Waals surface area contributed by atoms with E-state index in [4.69, 9.17) is 19.3 Å². The van der Waals surface area contributed by atoms with Gasteiger partial charge in [-0.15, -0.1) is 0 Å². The predicted octanol–water partition coefficient (Wildman–Crippen LogP) is -0.00380. The highest BCUT2D eigenvalue weighted by atomic mass is 16.8. The van der Waals surface area contributed by atoms with Gasteiger partial charge in [0, 0.05) is 0 Å². The molecule has 1 unspecified atom stereocenters. The number of hydrogen-bond donors (Lipinski definition) is 2. The highest BCUT2D eigenvalue weighted by Gasteiger charge is 2.68. The first kappa shape index (κ1) is 11.3. The first-order valence-corrected chi connectivity index (χ1v) is 5.11. The lowest BCUT2D eigenvalue weighted by Gasteiger charge is -2.33. The zero-order chi connectivity index (χ0) is 11.5. The topological polar surface area (TPSA) is 68.2 Å². The quantitative estimate of drug-likeness (QED) is 0.648. The molecular formula is C10H18O5. The van der Waals surface area contributed by atoms with Gasteiger partial charge >= 0.3 is 0 Å². The van der Waals surface area contributed by atoms with Crippen molar-refractivity contribution >= 4 is 0 Å². The molecular weight excluding hydrogens is 200 g/mol. The summed E-state index contributed by atoms with van der Waals surface area (Å²) in [6.45, 7) is 6.63. The van der Waals surface area contributed by atoms with Crippen LogP contribution in [-0.2, 0) is 14.2 Å². The first-order valence-electron chi connectivity index (χ1n) is 5.11. The molecule has 0 radical (unpaired) electrons. The molecule has 0 bridgehead atoms. The van der Waals surface area contributed by atoms with Gasteiger partial charge in [-0.25, -0.2) is 0 Å². The van der Waals surface area contributed by atoms with E-state index < -0.39 is 29.4 Å². The Bertz CT molecular complexity index is 275. The Morgan fingerprint density at radius 2 is 1.73 bits per heavy atom. The van der Waals surface area contributed by atoms with E-state index in [0.29, 0.717) is 0 Å². The van der Waals surface area contributed by atoms with Gasteiger partial charge in [0.15, 0.2) is 17.2 Å². The molecule has 2 heterocycles. The van der Waals surface area contributed by atoms with Crippen molar-refractivity contribution in [3.8, 4) is 0 Å². The van der Waals surface area contributed by atoms with Crippen molar-refractivity contribution in [1.82, 2.24) is 0 Å². The molecule has 2 rings (SSSR count). The Kier molecular flexibility index (Phi) is 2.20. The van der Waals surface area contributed by atoms with E-state index in [-0.39, 0.29) is 6.61 Å². The minimum Gasteiger partial charge on any atom is -0.394 e. The minimum atomic E-state index is -1.45. The summed E-state index contributed by atoms with van der Waals surface area (Å²) in [7, 11) is 0. The largest absolute Gasteiger partial charge is 0.394 e. The van der Waals surface area contributed by atoms with Gasteiger partial charge < -0.3 is 24.4 Å². The van der Waals surface area contributed by atoms with Crippen LogP contribution in [-0.4, -0.2) is 46.2 Å². The van der Waals surface area contributed by atoms with E-state index in [1.807, 2.05) is 0 Å². The molecule has 0 aromatic heterocycles. The van der Waals surface area contributed by atoms with Crippen LogP contribution in [0.2, 0.25) is 0 Å². The predicted molar refractivity (Wildman–Crippen MR) is 51.0 cm³/mol. The third-order valence-electron chi connectivity index (χ3n) is 3.23. The molecule has 0 aliphatic carbocycles. The fourth-order valence-electron chi connectivity index (χ4n) is 2.41. The summed E-state index contributed by atoms with van der Waals surface area (Å²) in [6, 6.07) is 0. The van der Waals surface area contributed by atoms with E-state index in [0.717, 1.165) is 0 Å². The van der Waals surface area contributed by atoms with Crippen LogP contribution in [0.3, 0.4) is 0 Å². The van der Waals surface area contributed by atoms with Crippen LogP contribution in [0.1, 0.15) is 27.7 Å². The van der Waals surface area contributed by atoms with E-state index in [1.165, 1.54) is 6.92 Å². The van der Waals surface area contributed by atoms with Gasteiger partial charge in [-0.2, -0.15) is 0 Å². The van der Waals surface area contributed by atoms with Crippen LogP contribution < -0.4 is 0 Å². The SMILES string of the molecule is CC1(C)O[C@@H]2[C@@H](CO)OC(C)(O)[C@]2(C)O1. The van der Waals surface area contributed by atoms with E-state index >= 15 is 0 Å². The zero-order valence-corrected chi connectivity index (χ0v) is 9.48. The molecule has 2 aliphatic rings. The lowest BCUT2D eigenvalue weighted by atomic mass is 9.91. The molecule has 5 heteroatoms. The van der Waals surface area contributed by atoms with Crippen LogP contribution >= 0.6 is 0 Å². The minimum absolute atomic E-state index is 0.199. The van der Waals surface area contributed by atoms with E-state index in [1.54, 1.807) is 20.8 Å². The summed E-state index contributed by atoms with van der Waals surface area (Å²) < 4.78 is 16.7. The second-order valence-electron chi connectivity index (χ2n) is 4.97. The summed E-state index contributed by atoms with van der Waals surface area (Å²) in [6.07, 6.45) is -1.00. The molecule has 2 N–H and O–H groups in total. The Morgan fingerprint density at radius 1 is 1.13 bits per heavy atom.